The van der Waals surface area contributed by atoms with Gasteiger partial charge in [-0.25, -0.2) is 0 Å². The van der Waals surface area contributed by atoms with Crippen molar-refractivity contribution in [3.63, 3.8) is 0 Å². The van der Waals surface area contributed by atoms with E-state index in [9.17, 15) is 0 Å². The molecule has 1 aromatic carbocycles. The van der Waals surface area contributed by atoms with E-state index in [-0.39, 0.29) is 6.04 Å². The van der Waals surface area contributed by atoms with Gasteiger partial charge >= 0.3 is 0 Å². The molecule has 1 unspecified atom stereocenters. The Balaban J connectivity index is 1.73. The Labute approximate surface area is 120 Å². The van der Waals surface area contributed by atoms with Crippen molar-refractivity contribution in [1.82, 2.24) is 14.8 Å². The van der Waals surface area contributed by atoms with Crippen LogP contribution in [-0.4, -0.2) is 14.8 Å². The topological polar surface area (TPSA) is 56.7 Å². The number of aromatic nitrogens is 3. The van der Waals surface area contributed by atoms with E-state index >= 15 is 0 Å². The fourth-order valence-corrected chi connectivity index (χ4v) is 3.09. The largest absolute Gasteiger partial charge is 0.324 e. The summed E-state index contributed by atoms with van der Waals surface area (Å²) in [6.45, 7) is 0. The van der Waals surface area contributed by atoms with Crippen LogP contribution in [0.4, 0.5) is 0 Å². The lowest BCUT2D eigenvalue weighted by molar-refractivity contribution is 0.343. The molecular weight excluding hydrogens is 248 g/mol. The first-order valence-electron chi connectivity index (χ1n) is 7.53. The highest BCUT2D eigenvalue weighted by atomic mass is 15.3. The van der Waals surface area contributed by atoms with Crippen molar-refractivity contribution in [2.75, 3.05) is 0 Å². The Bertz CT molecular complexity index is 528. The fraction of sp³-hybridized carbons (Fsp3) is 0.500. The highest BCUT2D eigenvalue weighted by molar-refractivity contribution is 5.19. The normalized spacial score (nSPS) is 18.1. The monoisotopic (exact) mass is 270 g/mol. The molecule has 0 spiro atoms. The van der Waals surface area contributed by atoms with E-state index in [4.69, 9.17) is 5.73 Å². The summed E-state index contributed by atoms with van der Waals surface area (Å²) in [6.07, 6.45) is 9.10. The van der Waals surface area contributed by atoms with Crippen LogP contribution < -0.4 is 5.73 Å². The van der Waals surface area contributed by atoms with Crippen LogP contribution >= 0.6 is 0 Å². The lowest BCUT2D eigenvalue weighted by Gasteiger charge is -2.24. The molecule has 1 aliphatic carbocycles. The Morgan fingerprint density at radius 3 is 2.65 bits per heavy atom. The van der Waals surface area contributed by atoms with Gasteiger partial charge in [0.15, 0.2) is 0 Å². The van der Waals surface area contributed by atoms with Gasteiger partial charge in [-0.1, -0.05) is 49.6 Å². The third-order valence-electron chi connectivity index (χ3n) is 4.25. The van der Waals surface area contributed by atoms with Gasteiger partial charge in [-0.15, -0.1) is 10.2 Å². The van der Waals surface area contributed by atoms with Gasteiger partial charge in [0, 0.05) is 18.5 Å². The first-order chi connectivity index (χ1) is 9.84. The van der Waals surface area contributed by atoms with Gasteiger partial charge in [0.1, 0.15) is 12.2 Å². The third-order valence-corrected chi connectivity index (χ3v) is 4.25. The summed E-state index contributed by atoms with van der Waals surface area (Å²) >= 11 is 0. The van der Waals surface area contributed by atoms with Gasteiger partial charge < -0.3 is 10.3 Å². The summed E-state index contributed by atoms with van der Waals surface area (Å²) in [5, 5.41) is 8.39. The molecule has 1 saturated carbocycles. The SMILES string of the molecule is NC(Cc1nncn1C1CCCCC1)c1ccccc1. The fourth-order valence-electron chi connectivity index (χ4n) is 3.09. The zero-order chi connectivity index (χ0) is 13.8. The van der Waals surface area contributed by atoms with E-state index in [1.165, 1.54) is 32.1 Å². The Morgan fingerprint density at radius 2 is 1.90 bits per heavy atom. The Morgan fingerprint density at radius 1 is 1.15 bits per heavy atom. The minimum absolute atomic E-state index is 0.0114. The van der Waals surface area contributed by atoms with E-state index in [2.05, 4.69) is 26.9 Å². The number of benzene rings is 1. The average Bonchev–Trinajstić information content (AvgIpc) is 2.97. The van der Waals surface area contributed by atoms with Crippen molar-refractivity contribution >= 4 is 0 Å². The van der Waals surface area contributed by atoms with Crippen LogP contribution in [0.5, 0.6) is 0 Å². The van der Waals surface area contributed by atoms with Crippen LogP contribution in [0.15, 0.2) is 36.7 Å². The third kappa shape index (κ3) is 2.90. The number of rotatable bonds is 4. The summed E-state index contributed by atoms with van der Waals surface area (Å²) in [5.74, 6) is 1.02. The maximum absolute atomic E-state index is 6.30. The zero-order valence-corrected chi connectivity index (χ0v) is 11.8. The van der Waals surface area contributed by atoms with Gasteiger partial charge in [0.25, 0.3) is 0 Å². The van der Waals surface area contributed by atoms with Gasteiger partial charge in [-0.3, -0.25) is 0 Å². The lowest BCUT2D eigenvalue weighted by atomic mass is 9.95. The Kier molecular flexibility index (Phi) is 4.11. The van der Waals surface area contributed by atoms with Crippen LogP contribution in [0.2, 0.25) is 0 Å². The average molecular weight is 270 g/mol. The molecule has 4 heteroatoms. The van der Waals surface area contributed by atoms with Crippen molar-refractivity contribution in [1.29, 1.82) is 0 Å². The van der Waals surface area contributed by atoms with Gasteiger partial charge in [0.05, 0.1) is 0 Å². The second kappa shape index (κ2) is 6.18. The summed E-state index contributed by atoms with van der Waals surface area (Å²) in [6, 6.07) is 10.8. The minimum Gasteiger partial charge on any atom is -0.324 e. The molecule has 106 valence electrons. The minimum atomic E-state index is -0.0114. The molecule has 1 atom stereocenters. The molecule has 0 radical (unpaired) electrons. The van der Waals surface area contributed by atoms with E-state index < -0.39 is 0 Å². The van der Waals surface area contributed by atoms with Crippen LogP contribution in [-0.2, 0) is 6.42 Å². The molecule has 3 rings (SSSR count). The zero-order valence-electron chi connectivity index (χ0n) is 11.8. The number of hydrogen-bond donors (Lipinski definition) is 1. The van der Waals surface area contributed by atoms with E-state index in [1.54, 1.807) is 0 Å². The van der Waals surface area contributed by atoms with Crippen LogP contribution in [0, 0.1) is 0 Å². The van der Waals surface area contributed by atoms with Crippen LogP contribution in [0.3, 0.4) is 0 Å². The first-order valence-corrected chi connectivity index (χ1v) is 7.53. The van der Waals surface area contributed by atoms with E-state index in [0.717, 1.165) is 17.8 Å². The predicted octanol–water partition coefficient (Wildman–Crippen LogP) is 3.03. The smallest absolute Gasteiger partial charge is 0.134 e. The molecule has 1 fully saturated rings. The quantitative estimate of drug-likeness (QED) is 0.929. The standard InChI is InChI=1S/C16H22N4/c17-15(13-7-3-1-4-8-13)11-16-19-18-12-20(16)14-9-5-2-6-10-14/h1,3-4,7-8,12,14-15H,2,5-6,9-11,17H2. The van der Waals surface area contributed by atoms with Crippen molar-refractivity contribution in [3.8, 4) is 0 Å². The molecule has 0 amide bonds. The molecule has 1 aromatic heterocycles. The summed E-state index contributed by atoms with van der Waals surface area (Å²) in [7, 11) is 0. The van der Waals surface area contributed by atoms with E-state index in [0.29, 0.717) is 6.04 Å². The second-order valence-corrected chi connectivity index (χ2v) is 5.67. The highest BCUT2D eigenvalue weighted by Gasteiger charge is 2.20. The number of nitrogens with two attached hydrogens (primary N) is 1. The van der Waals surface area contributed by atoms with Crippen molar-refractivity contribution in [3.05, 3.63) is 48.0 Å². The molecule has 0 aliphatic heterocycles. The van der Waals surface area contributed by atoms with Crippen molar-refractivity contribution < 1.29 is 0 Å². The van der Waals surface area contributed by atoms with Crippen LogP contribution in [0.1, 0.15) is 55.6 Å². The van der Waals surface area contributed by atoms with Crippen molar-refractivity contribution in [2.45, 2.75) is 50.6 Å². The van der Waals surface area contributed by atoms with E-state index in [1.807, 2.05) is 24.5 Å². The van der Waals surface area contributed by atoms with Gasteiger partial charge in [0.2, 0.25) is 0 Å². The molecular formula is C16H22N4. The molecule has 1 heterocycles. The second-order valence-electron chi connectivity index (χ2n) is 5.67. The highest BCUT2D eigenvalue weighted by Crippen LogP contribution is 2.29. The number of hydrogen-bond acceptors (Lipinski definition) is 3. The van der Waals surface area contributed by atoms with Gasteiger partial charge in [-0.05, 0) is 18.4 Å². The molecule has 4 nitrogen and oxygen atoms in total. The van der Waals surface area contributed by atoms with Crippen molar-refractivity contribution in [2.24, 2.45) is 5.73 Å². The molecule has 2 N–H and O–H groups in total. The predicted molar refractivity (Wildman–Crippen MR) is 79.2 cm³/mol. The molecule has 20 heavy (non-hydrogen) atoms. The summed E-state index contributed by atoms with van der Waals surface area (Å²) < 4.78 is 2.25. The molecule has 0 saturated heterocycles. The maximum atomic E-state index is 6.30. The van der Waals surface area contributed by atoms with Gasteiger partial charge in [-0.2, -0.15) is 0 Å². The summed E-state index contributed by atoms with van der Waals surface area (Å²) in [5.41, 5.74) is 7.46. The lowest BCUT2D eigenvalue weighted by Crippen LogP contribution is -2.19. The molecule has 1 aliphatic rings. The first kappa shape index (κ1) is 13.3. The molecule has 2 aromatic rings. The Hall–Kier alpha value is -1.68. The maximum Gasteiger partial charge on any atom is 0.134 e. The molecule has 0 bridgehead atoms. The number of nitrogens with zero attached hydrogens (tertiary/aromatic N) is 3. The summed E-state index contributed by atoms with van der Waals surface area (Å²) in [4.78, 5) is 0. The van der Waals surface area contributed by atoms with Crippen LogP contribution in [0.25, 0.3) is 0 Å².